The number of hydrogen-bond acceptors (Lipinski definition) is 1. The molecule has 0 saturated heterocycles. The van der Waals surface area contributed by atoms with Crippen LogP contribution in [0.4, 0.5) is 0 Å². The Kier molecular flexibility index (Phi) is 7.37. The second kappa shape index (κ2) is 8.89. The maximum atomic E-state index is 5.77. The lowest BCUT2D eigenvalue weighted by molar-refractivity contribution is 0.303. The molecule has 0 spiro atoms. The highest BCUT2D eigenvalue weighted by Gasteiger charge is 2.00. The highest BCUT2D eigenvalue weighted by molar-refractivity contribution is 6.19. The van der Waals surface area contributed by atoms with Gasteiger partial charge in [0.2, 0.25) is 0 Å². The first-order valence-corrected chi connectivity index (χ1v) is 7.09. The average molecular weight is 265 g/mol. The molecule has 0 N–H and O–H groups in total. The SMILES string of the molecule is CCCCCCOc1ccc(C#CCCl)cc1C. The number of benzene rings is 1. The predicted octanol–water partition coefficient (Wildman–Crippen LogP) is 4.54. The molecule has 1 aromatic carbocycles. The molecule has 0 heterocycles. The molecule has 0 amide bonds. The molecule has 0 unspecified atom stereocenters. The predicted molar refractivity (Wildman–Crippen MR) is 78.4 cm³/mol. The number of aryl methyl sites for hydroxylation is 1. The van der Waals surface area contributed by atoms with Crippen LogP contribution < -0.4 is 4.74 Å². The Labute approximate surface area is 115 Å². The smallest absolute Gasteiger partial charge is 0.122 e. The van der Waals surface area contributed by atoms with Gasteiger partial charge in [0.05, 0.1) is 12.5 Å². The fraction of sp³-hybridized carbons (Fsp3) is 0.500. The molecule has 0 saturated carbocycles. The van der Waals surface area contributed by atoms with E-state index in [2.05, 4.69) is 18.8 Å². The van der Waals surface area contributed by atoms with Crippen molar-refractivity contribution >= 4 is 11.6 Å². The summed E-state index contributed by atoms with van der Waals surface area (Å²) in [6.07, 6.45) is 4.91. The Morgan fingerprint density at radius 2 is 2.06 bits per heavy atom. The second-order valence-electron chi connectivity index (χ2n) is 4.32. The maximum Gasteiger partial charge on any atom is 0.122 e. The Bertz CT molecular complexity index is 415. The van der Waals surface area contributed by atoms with Crippen molar-refractivity contribution in [3.8, 4) is 17.6 Å². The Balaban J connectivity index is 2.47. The van der Waals surface area contributed by atoms with Crippen molar-refractivity contribution in [1.82, 2.24) is 0 Å². The fourth-order valence-corrected chi connectivity index (χ4v) is 1.80. The molecular formula is C16H21ClO. The van der Waals surface area contributed by atoms with E-state index in [0.29, 0.717) is 5.88 Å². The van der Waals surface area contributed by atoms with Crippen LogP contribution >= 0.6 is 11.6 Å². The number of hydrogen-bond donors (Lipinski definition) is 0. The number of alkyl halides is 1. The molecule has 18 heavy (non-hydrogen) atoms. The van der Waals surface area contributed by atoms with Gasteiger partial charge in [-0.2, -0.15) is 0 Å². The van der Waals surface area contributed by atoms with Gasteiger partial charge >= 0.3 is 0 Å². The number of ether oxygens (including phenoxy) is 1. The van der Waals surface area contributed by atoms with Crippen LogP contribution in [-0.4, -0.2) is 12.5 Å². The van der Waals surface area contributed by atoms with Gasteiger partial charge in [-0.1, -0.05) is 38.0 Å². The van der Waals surface area contributed by atoms with E-state index in [0.717, 1.165) is 29.9 Å². The van der Waals surface area contributed by atoms with Crippen molar-refractivity contribution in [2.45, 2.75) is 39.5 Å². The first-order chi connectivity index (χ1) is 8.77. The minimum absolute atomic E-state index is 0.370. The summed E-state index contributed by atoms with van der Waals surface area (Å²) in [7, 11) is 0. The molecule has 1 aromatic rings. The van der Waals surface area contributed by atoms with Gasteiger partial charge in [-0.15, -0.1) is 11.6 Å². The van der Waals surface area contributed by atoms with Gasteiger partial charge in [0.15, 0.2) is 0 Å². The monoisotopic (exact) mass is 264 g/mol. The zero-order valence-corrected chi connectivity index (χ0v) is 12.0. The maximum absolute atomic E-state index is 5.77. The van der Waals surface area contributed by atoms with Crippen LogP contribution in [0, 0.1) is 18.8 Å². The summed E-state index contributed by atoms with van der Waals surface area (Å²) < 4.78 is 5.77. The van der Waals surface area contributed by atoms with E-state index in [1.165, 1.54) is 19.3 Å². The standard InChI is InChI=1S/C16H21ClO/c1-3-4-5-6-12-18-16-10-9-15(8-7-11-17)13-14(16)2/h9-10,13H,3-6,11-12H2,1-2H3. The highest BCUT2D eigenvalue weighted by atomic mass is 35.5. The van der Waals surface area contributed by atoms with E-state index in [1.54, 1.807) is 0 Å². The summed E-state index contributed by atoms with van der Waals surface area (Å²) >= 11 is 5.53. The van der Waals surface area contributed by atoms with Crippen LogP contribution in [0.15, 0.2) is 18.2 Å². The molecule has 1 rings (SSSR count). The molecule has 2 heteroatoms. The van der Waals surface area contributed by atoms with Gasteiger partial charge in [0.1, 0.15) is 5.75 Å². The first kappa shape index (κ1) is 14.9. The molecular weight excluding hydrogens is 244 g/mol. The highest BCUT2D eigenvalue weighted by Crippen LogP contribution is 2.19. The molecule has 0 radical (unpaired) electrons. The van der Waals surface area contributed by atoms with E-state index < -0.39 is 0 Å². The molecule has 0 aliphatic rings. The normalized spacial score (nSPS) is 9.72. The Morgan fingerprint density at radius 1 is 1.22 bits per heavy atom. The van der Waals surface area contributed by atoms with Crippen LogP contribution in [0.2, 0.25) is 0 Å². The number of halogens is 1. The molecule has 0 atom stereocenters. The minimum atomic E-state index is 0.370. The average Bonchev–Trinajstić information content (AvgIpc) is 2.38. The van der Waals surface area contributed by atoms with Gasteiger partial charge in [-0.3, -0.25) is 0 Å². The van der Waals surface area contributed by atoms with Crippen LogP contribution in [0.25, 0.3) is 0 Å². The second-order valence-corrected chi connectivity index (χ2v) is 4.59. The van der Waals surface area contributed by atoms with E-state index in [-0.39, 0.29) is 0 Å². The summed E-state index contributed by atoms with van der Waals surface area (Å²) in [6.45, 7) is 5.06. The Hall–Kier alpha value is -1.13. The van der Waals surface area contributed by atoms with Crippen LogP contribution in [-0.2, 0) is 0 Å². The summed E-state index contributed by atoms with van der Waals surface area (Å²) in [5.74, 6) is 7.19. The lowest BCUT2D eigenvalue weighted by Crippen LogP contribution is -1.99. The Morgan fingerprint density at radius 3 is 2.72 bits per heavy atom. The van der Waals surface area contributed by atoms with Crippen LogP contribution in [0.3, 0.4) is 0 Å². The van der Waals surface area contributed by atoms with E-state index in [1.807, 2.05) is 25.1 Å². The molecule has 0 bridgehead atoms. The molecule has 0 aliphatic carbocycles. The van der Waals surface area contributed by atoms with Crippen molar-refractivity contribution in [3.63, 3.8) is 0 Å². The van der Waals surface area contributed by atoms with E-state index in [9.17, 15) is 0 Å². The minimum Gasteiger partial charge on any atom is -0.493 e. The summed E-state index contributed by atoms with van der Waals surface area (Å²) in [5.41, 5.74) is 2.12. The first-order valence-electron chi connectivity index (χ1n) is 6.56. The quantitative estimate of drug-likeness (QED) is 0.416. The van der Waals surface area contributed by atoms with Crippen molar-refractivity contribution < 1.29 is 4.74 Å². The molecule has 98 valence electrons. The third-order valence-corrected chi connectivity index (χ3v) is 2.86. The number of rotatable bonds is 6. The molecule has 0 aromatic heterocycles. The van der Waals surface area contributed by atoms with Gasteiger partial charge < -0.3 is 4.74 Å². The van der Waals surface area contributed by atoms with Gasteiger partial charge in [-0.25, -0.2) is 0 Å². The topological polar surface area (TPSA) is 9.23 Å². The fourth-order valence-electron chi connectivity index (χ4n) is 1.74. The van der Waals surface area contributed by atoms with Gasteiger partial charge in [-0.05, 0) is 37.1 Å². The van der Waals surface area contributed by atoms with E-state index in [4.69, 9.17) is 16.3 Å². The largest absolute Gasteiger partial charge is 0.493 e. The van der Waals surface area contributed by atoms with Crippen molar-refractivity contribution in [2.75, 3.05) is 12.5 Å². The van der Waals surface area contributed by atoms with Crippen LogP contribution in [0.1, 0.15) is 43.7 Å². The third kappa shape index (κ3) is 5.47. The lowest BCUT2D eigenvalue weighted by Gasteiger charge is -2.09. The van der Waals surface area contributed by atoms with Crippen molar-refractivity contribution in [2.24, 2.45) is 0 Å². The lowest BCUT2D eigenvalue weighted by atomic mass is 10.1. The molecule has 1 nitrogen and oxygen atoms in total. The zero-order valence-electron chi connectivity index (χ0n) is 11.3. The van der Waals surface area contributed by atoms with E-state index >= 15 is 0 Å². The van der Waals surface area contributed by atoms with Crippen LogP contribution in [0.5, 0.6) is 5.75 Å². The molecule has 0 aliphatic heterocycles. The third-order valence-electron chi connectivity index (χ3n) is 2.73. The van der Waals surface area contributed by atoms with Gasteiger partial charge in [0.25, 0.3) is 0 Å². The summed E-state index contributed by atoms with van der Waals surface area (Å²) in [4.78, 5) is 0. The summed E-state index contributed by atoms with van der Waals surface area (Å²) in [5, 5.41) is 0. The number of unbranched alkanes of at least 4 members (excludes halogenated alkanes) is 3. The van der Waals surface area contributed by atoms with Crippen molar-refractivity contribution in [3.05, 3.63) is 29.3 Å². The molecule has 0 fully saturated rings. The summed E-state index contributed by atoms with van der Waals surface area (Å²) in [6, 6.07) is 6.02. The van der Waals surface area contributed by atoms with Gasteiger partial charge in [0, 0.05) is 5.56 Å². The zero-order chi connectivity index (χ0) is 13.2. The van der Waals surface area contributed by atoms with Crippen molar-refractivity contribution in [1.29, 1.82) is 0 Å².